The molecular weight excluding hydrogens is 292 g/mol. The van der Waals surface area contributed by atoms with Gasteiger partial charge in [-0.1, -0.05) is 6.92 Å². The minimum absolute atomic E-state index is 0.0120. The van der Waals surface area contributed by atoms with E-state index < -0.39 is 35.7 Å². The first-order valence-electron chi connectivity index (χ1n) is 7.40. The molecule has 7 heteroatoms. The Morgan fingerprint density at radius 3 is 1.68 bits per heavy atom. The number of aldehydes is 1. The van der Waals surface area contributed by atoms with Crippen LogP contribution in [0.4, 0.5) is 0 Å². The molecule has 0 heterocycles. The smallest absolute Gasteiger partial charge is 0.324 e. The maximum Gasteiger partial charge on any atom is 0.324 e. The van der Waals surface area contributed by atoms with Gasteiger partial charge in [-0.25, -0.2) is 0 Å². The summed E-state index contributed by atoms with van der Waals surface area (Å²) in [6, 6.07) is 0. The Kier molecular flexibility index (Phi) is 9.05. The molecule has 0 bridgehead atoms. The number of hydrogen-bond donors (Lipinski definition) is 0. The van der Waals surface area contributed by atoms with Crippen LogP contribution in [0, 0.1) is 11.3 Å². The lowest BCUT2D eigenvalue weighted by atomic mass is 9.71. The van der Waals surface area contributed by atoms with Crippen molar-refractivity contribution in [3.63, 3.8) is 0 Å². The van der Waals surface area contributed by atoms with Crippen LogP contribution in [0.5, 0.6) is 0 Å². The molecule has 0 aromatic heterocycles. The Labute approximate surface area is 130 Å². The van der Waals surface area contributed by atoms with E-state index in [1.807, 2.05) is 0 Å². The molecule has 0 aliphatic heterocycles. The molecule has 0 fully saturated rings. The summed E-state index contributed by atoms with van der Waals surface area (Å²) in [5.41, 5.74) is -2.01. The molecule has 0 N–H and O–H groups in total. The molecule has 1 unspecified atom stereocenters. The van der Waals surface area contributed by atoms with Gasteiger partial charge in [0.15, 0.2) is 5.41 Å². The van der Waals surface area contributed by atoms with Gasteiger partial charge in [0.05, 0.1) is 25.7 Å². The van der Waals surface area contributed by atoms with Crippen molar-refractivity contribution in [3.05, 3.63) is 0 Å². The van der Waals surface area contributed by atoms with Crippen LogP contribution in [0.25, 0.3) is 0 Å². The molecule has 0 aliphatic carbocycles. The van der Waals surface area contributed by atoms with Gasteiger partial charge >= 0.3 is 17.9 Å². The van der Waals surface area contributed by atoms with E-state index in [1.165, 1.54) is 0 Å². The highest BCUT2D eigenvalue weighted by Gasteiger charge is 2.57. The topological polar surface area (TPSA) is 96.0 Å². The zero-order valence-electron chi connectivity index (χ0n) is 13.5. The van der Waals surface area contributed by atoms with Crippen molar-refractivity contribution in [3.8, 4) is 0 Å². The van der Waals surface area contributed by atoms with E-state index >= 15 is 0 Å². The summed E-state index contributed by atoms with van der Waals surface area (Å²) in [5, 5.41) is 0. The standard InChI is InChI=1S/C15H24O7/c1-5-11(12(17)20-6-2)15(9-10-16,13(18)21-7-3)14(19)22-8-4/h10-11H,5-9H2,1-4H3. The minimum Gasteiger partial charge on any atom is -0.466 e. The van der Waals surface area contributed by atoms with Gasteiger partial charge in [-0.15, -0.1) is 0 Å². The lowest BCUT2D eigenvalue weighted by Crippen LogP contribution is -2.51. The highest BCUT2D eigenvalue weighted by Crippen LogP contribution is 2.37. The Balaban J connectivity index is 5.96. The van der Waals surface area contributed by atoms with Crippen LogP contribution in [-0.2, 0) is 33.4 Å². The number of rotatable bonds is 10. The van der Waals surface area contributed by atoms with Gasteiger partial charge in [-0.2, -0.15) is 0 Å². The van der Waals surface area contributed by atoms with Gasteiger partial charge in [-0.3, -0.25) is 14.4 Å². The number of carbonyl (C=O) groups is 4. The molecule has 0 aromatic carbocycles. The molecule has 0 aromatic rings. The lowest BCUT2D eigenvalue weighted by molar-refractivity contribution is -0.184. The number of carbonyl (C=O) groups excluding carboxylic acids is 4. The summed E-state index contributed by atoms with van der Waals surface area (Å²) in [6.07, 6.45) is 0.0437. The normalized spacial score (nSPS) is 12.2. The molecule has 0 radical (unpaired) electrons. The first-order chi connectivity index (χ1) is 10.5. The Hall–Kier alpha value is -1.92. The fourth-order valence-electron chi connectivity index (χ4n) is 2.29. The van der Waals surface area contributed by atoms with Crippen LogP contribution in [0.2, 0.25) is 0 Å². The fourth-order valence-corrected chi connectivity index (χ4v) is 2.29. The van der Waals surface area contributed by atoms with Crippen molar-refractivity contribution in [1.29, 1.82) is 0 Å². The molecule has 7 nitrogen and oxygen atoms in total. The van der Waals surface area contributed by atoms with E-state index in [4.69, 9.17) is 14.2 Å². The van der Waals surface area contributed by atoms with Gasteiger partial charge in [0.1, 0.15) is 6.29 Å². The number of ether oxygens (including phenoxy) is 3. The van der Waals surface area contributed by atoms with Crippen LogP contribution in [0.1, 0.15) is 40.5 Å². The molecule has 0 aliphatic rings. The second-order valence-electron chi connectivity index (χ2n) is 4.50. The Morgan fingerprint density at radius 1 is 0.909 bits per heavy atom. The largest absolute Gasteiger partial charge is 0.466 e. The van der Waals surface area contributed by atoms with Crippen molar-refractivity contribution >= 4 is 24.2 Å². The minimum atomic E-state index is -2.01. The first-order valence-corrected chi connectivity index (χ1v) is 7.40. The summed E-state index contributed by atoms with van der Waals surface area (Å²) >= 11 is 0. The molecule has 0 spiro atoms. The predicted molar refractivity (Wildman–Crippen MR) is 76.8 cm³/mol. The van der Waals surface area contributed by atoms with Gasteiger partial charge in [0.2, 0.25) is 0 Å². The van der Waals surface area contributed by atoms with E-state index in [0.29, 0.717) is 6.29 Å². The highest BCUT2D eigenvalue weighted by molar-refractivity contribution is 6.05. The molecule has 1 atom stereocenters. The van der Waals surface area contributed by atoms with Crippen LogP contribution in [0.3, 0.4) is 0 Å². The van der Waals surface area contributed by atoms with Crippen molar-refractivity contribution in [2.24, 2.45) is 11.3 Å². The van der Waals surface area contributed by atoms with E-state index in [1.54, 1.807) is 27.7 Å². The molecule has 22 heavy (non-hydrogen) atoms. The van der Waals surface area contributed by atoms with Crippen LogP contribution in [0.15, 0.2) is 0 Å². The van der Waals surface area contributed by atoms with Crippen LogP contribution < -0.4 is 0 Å². The van der Waals surface area contributed by atoms with Gasteiger partial charge < -0.3 is 19.0 Å². The summed E-state index contributed by atoms with van der Waals surface area (Å²) in [5.74, 6) is -3.76. The molecular formula is C15H24O7. The maximum atomic E-state index is 12.4. The maximum absolute atomic E-state index is 12.4. The van der Waals surface area contributed by atoms with E-state index in [0.717, 1.165) is 0 Å². The monoisotopic (exact) mass is 316 g/mol. The average Bonchev–Trinajstić information content (AvgIpc) is 2.47. The van der Waals surface area contributed by atoms with Gasteiger partial charge in [0, 0.05) is 6.42 Å². The number of hydrogen-bond acceptors (Lipinski definition) is 7. The second kappa shape index (κ2) is 9.92. The molecule has 0 amide bonds. The second-order valence-corrected chi connectivity index (χ2v) is 4.50. The lowest BCUT2D eigenvalue weighted by Gasteiger charge is -2.33. The summed E-state index contributed by atoms with van der Waals surface area (Å²) < 4.78 is 14.8. The summed E-state index contributed by atoms with van der Waals surface area (Å²) in [6.45, 7) is 6.49. The van der Waals surface area contributed by atoms with Gasteiger partial charge in [-0.05, 0) is 27.2 Å². The fraction of sp³-hybridized carbons (Fsp3) is 0.733. The molecule has 0 saturated carbocycles. The van der Waals surface area contributed by atoms with E-state index in [2.05, 4.69) is 0 Å². The first kappa shape index (κ1) is 20.1. The highest BCUT2D eigenvalue weighted by atomic mass is 16.6. The Bertz CT molecular complexity index is 385. The van der Waals surface area contributed by atoms with Crippen LogP contribution in [-0.4, -0.2) is 44.0 Å². The zero-order chi connectivity index (χ0) is 17.2. The van der Waals surface area contributed by atoms with Crippen LogP contribution >= 0.6 is 0 Å². The van der Waals surface area contributed by atoms with Crippen molar-refractivity contribution < 1.29 is 33.4 Å². The molecule has 0 rings (SSSR count). The molecule has 0 saturated heterocycles. The van der Waals surface area contributed by atoms with E-state index in [9.17, 15) is 19.2 Å². The third-order valence-electron chi connectivity index (χ3n) is 3.26. The predicted octanol–water partition coefficient (Wildman–Crippen LogP) is 1.28. The van der Waals surface area contributed by atoms with Gasteiger partial charge in [0.25, 0.3) is 0 Å². The molecule has 126 valence electrons. The quantitative estimate of drug-likeness (QED) is 0.259. The third-order valence-corrected chi connectivity index (χ3v) is 3.26. The number of esters is 3. The zero-order valence-corrected chi connectivity index (χ0v) is 13.5. The summed E-state index contributed by atoms with van der Waals surface area (Å²) in [7, 11) is 0. The Morgan fingerprint density at radius 2 is 1.36 bits per heavy atom. The van der Waals surface area contributed by atoms with Crippen molar-refractivity contribution in [2.75, 3.05) is 19.8 Å². The van der Waals surface area contributed by atoms with Crippen molar-refractivity contribution in [1.82, 2.24) is 0 Å². The SMILES string of the molecule is CCOC(=O)C(CC)C(CC=O)(C(=O)OCC)C(=O)OCC. The summed E-state index contributed by atoms with van der Waals surface area (Å²) in [4.78, 5) is 48.0. The average molecular weight is 316 g/mol. The third kappa shape index (κ3) is 4.29. The van der Waals surface area contributed by atoms with E-state index in [-0.39, 0.29) is 26.2 Å². The van der Waals surface area contributed by atoms with Crippen molar-refractivity contribution in [2.45, 2.75) is 40.5 Å².